The summed E-state index contributed by atoms with van der Waals surface area (Å²) < 4.78 is 85.6. The first-order valence-electron chi connectivity index (χ1n) is 10.0. The quantitative estimate of drug-likeness (QED) is 0.298. The maximum Gasteiger partial charge on any atom is 0.573 e. The zero-order valence-electron chi connectivity index (χ0n) is 18.0. The number of aliphatic hydroxyl groups excluding tert-OH is 2. The average Bonchev–Trinajstić information content (AvgIpc) is 2.74. The Kier molecular flexibility index (Phi) is 10.9. The van der Waals surface area contributed by atoms with E-state index in [0.717, 1.165) is 12.1 Å². The van der Waals surface area contributed by atoms with E-state index in [1.165, 1.54) is 30.3 Å². The van der Waals surface area contributed by atoms with E-state index in [0.29, 0.717) is 18.4 Å². The van der Waals surface area contributed by atoms with Gasteiger partial charge < -0.3 is 25.4 Å². The first-order chi connectivity index (χ1) is 15.3. The minimum atomic E-state index is -4.78. The fraction of sp³-hybridized carbons (Fsp3) is 0.455. The third-order valence-corrected chi connectivity index (χ3v) is 4.87. The molecule has 0 amide bonds. The summed E-state index contributed by atoms with van der Waals surface area (Å²) >= 11 is 0. The van der Waals surface area contributed by atoms with Gasteiger partial charge in [0.2, 0.25) is 0 Å². The van der Waals surface area contributed by atoms with Crippen molar-refractivity contribution in [3.63, 3.8) is 0 Å². The molecule has 34 heavy (non-hydrogen) atoms. The smallest absolute Gasteiger partial charge is 0.494 e. The van der Waals surface area contributed by atoms with Gasteiger partial charge in [-0.3, -0.25) is 0 Å². The Morgan fingerprint density at radius 3 is 1.94 bits per heavy atom. The lowest BCUT2D eigenvalue weighted by atomic mass is 9.93. The largest absolute Gasteiger partial charge is 0.573 e. The fourth-order valence-electron chi connectivity index (χ4n) is 2.98. The number of halogens is 7. The topological polar surface area (TPSA) is 84.9 Å². The van der Waals surface area contributed by atoms with Gasteiger partial charge in [0.15, 0.2) is 0 Å². The van der Waals surface area contributed by atoms with Crippen LogP contribution in [0.2, 0.25) is 0 Å². The molecule has 0 bridgehead atoms. The molecule has 0 aromatic heterocycles. The van der Waals surface area contributed by atoms with E-state index in [4.69, 9.17) is 10.5 Å². The van der Waals surface area contributed by atoms with Crippen LogP contribution in [0.5, 0.6) is 11.5 Å². The van der Waals surface area contributed by atoms with Crippen molar-refractivity contribution in [1.82, 2.24) is 0 Å². The Morgan fingerprint density at radius 1 is 0.794 bits per heavy atom. The second-order valence-corrected chi connectivity index (χ2v) is 7.69. The van der Waals surface area contributed by atoms with Gasteiger partial charge in [0.1, 0.15) is 11.5 Å². The van der Waals surface area contributed by atoms with E-state index in [1.807, 2.05) is 0 Å². The minimum Gasteiger partial charge on any atom is -0.494 e. The molecule has 2 aromatic rings. The van der Waals surface area contributed by atoms with Gasteiger partial charge in [-0.2, -0.15) is 13.2 Å². The van der Waals surface area contributed by atoms with Crippen molar-refractivity contribution in [2.24, 2.45) is 5.73 Å². The third-order valence-electron chi connectivity index (χ3n) is 4.87. The van der Waals surface area contributed by atoms with E-state index in [1.54, 1.807) is 0 Å². The van der Waals surface area contributed by atoms with Crippen molar-refractivity contribution in [2.75, 3.05) is 19.8 Å². The maximum absolute atomic E-state index is 13.3. The summed E-state index contributed by atoms with van der Waals surface area (Å²) in [5.74, 6) is -0.341. The van der Waals surface area contributed by atoms with Crippen molar-refractivity contribution in [3.05, 3.63) is 59.2 Å². The molecule has 0 spiro atoms. The molecule has 5 nitrogen and oxygen atoms in total. The minimum absolute atomic E-state index is 0. The maximum atomic E-state index is 13.3. The van der Waals surface area contributed by atoms with Gasteiger partial charge in [0.05, 0.1) is 30.9 Å². The van der Waals surface area contributed by atoms with Crippen LogP contribution < -0.4 is 15.2 Å². The molecule has 2 rings (SSSR count). The summed E-state index contributed by atoms with van der Waals surface area (Å²) in [5.41, 5.74) is 4.58. The second kappa shape index (κ2) is 12.5. The zero-order valence-corrected chi connectivity index (χ0v) is 18.8. The van der Waals surface area contributed by atoms with Gasteiger partial charge in [-0.25, -0.2) is 0 Å². The Labute approximate surface area is 198 Å². The van der Waals surface area contributed by atoms with Crippen LogP contribution in [0, 0.1) is 0 Å². The molecular formula is C22H26ClF6NO4. The lowest BCUT2D eigenvalue weighted by molar-refractivity contribution is -0.274. The SMILES string of the molecule is Cl.NC(CO)(CO)CCc1cc(OCCCc2ccc(OC(F)(F)F)cc2)cc(C(F)(F)F)c1. The highest BCUT2D eigenvalue weighted by Gasteiger charge is 2.32. The Bertz CT molecular complexity index is 886. The number of aliphatic hydroxyl groups is 2. The predicted octanol–water partition coefficient (Wildman–Crippen LogP) is 4.65. The van der Waals surface area contributed by atoms with Crippen LogP contribution in [-0.4, -0.2) is 41.9 Å². The van der Waals surface area contributed by atoms with Crippen LogP contribution in [0.4, 0.5) is 26.3 Å². The number of hydrogen-bond donors (Lipinski definition) is 3. The number of aryl methyl sites for hydroxylation is 2. The van der Waals surface area contributed by atoms with Crippen molar-refractivity contribution < 1.29 is 46.0 Å². The number of benzene rings is 2. The van der Waals surface area contributed by atoms with Gasteiger partial charge in [0, 0.05) is 0 Å². The first kappa shape index (κ1) is 29.8. The third kappa shape index (κ3) is 9.96. The molecule has 0 aliphatic rings. The van der Waals surface area contributed by atoms with E-state index in [-0.39, 0.29) is 48.9 Å². The molecule has 192 valence electrons. The molecule has 0 unspecified atom stereocenters. The number of alkyl halides is 6. The van der Waals surface area contributed by atoms with E-state index in [9.17, 15) is 36.6 Å². The number of ether oxygens (including phenoxy) is 2. The van der Waals surface area contributed by atoms with Gasteiger partial charge >= 0.3 is 12.5 Å². The Balaban J connectivity index is 0.00000578. The van der Waals surface area contributed by atoms with E-state index in [2.05, 4.69) is 4.74 Å². The van der Waals surface area contributed by atoms with Gasteiger partial charge in [-0.1, -0.05) is 12.1 Å². The summed E-state index contributed by atoms with van der Waals surface area (Å²) in [6, 6.07) is 8.56. The molecule has 0 saturated heterocycles. The monoisotopic (exact) mass is 517 g/mol. The Morgan fingerprint density at radius 2 is 1.41 bits per heavy atom. The average molecular weight is 518 g/mol. The normalized spacial score (nSPS) is 12.3. The molecule has 4 N–H and O–H groups in total. The second-order valence-electron chi connectivity index (χ2n) is 7.69. The molecule has 0 aliphatic heterocycles. The van der Waals surface area contributed by atoms with Crippen molar-refractivity contribution in [3.8, 4) is 11.5 Å². The van der Waals surface area contributed by atoms with Crippen LogP contribution >= 0.6 is 12.4 Å². The van der Waals surface area contributed by atoms with Crippen LogP contribution in [-0.2, 0) is 19.0 Å². The van der Waals surface area contributed by atoms with E-state index >= 15 is 0 Å². The molecule has 0 aliphatic carbocycles. The lowest BCUT2D eigenvalue weighted by Crippen LogP contribution is -2.47. The molecule has 12 heteroatoms. The molecule has 0 saturated carbocycles. The van der Waals surface area contributed by atoms with Gasteiger partial charge in [-0.05, 0) is 67.1 Å². The summed E-state index contributed by atoms with van der Waals surface area (Å²) in [4.78, 5) is 0. The van der Waals surface area contributed by atoms with Crippen molar-refractivity contribution >= 4 is 12.4 Å². The highest BCUT2D eigenvalue weighted by molar-refractivity contribution is 5.85. The van der Waals surface area contributed by atoms with E-state index < -0.39 is 36.9 Å². The van der Waals surface area contributed by atoms with Crippen LogP contribution in [0.1, 0.15) is 29.5 Å². The number of rotatable bonds is 11. The Hall–Kier alpha value is -2.21. The molecule has 0 heterocycles. The summed E-state index contributed by atoms with van der Waals surface area (Å²) in [7, 11) is 0. The highest BCUT2D eigenvalue weighted by Crippen LogP contribution is 2.33. The first-order valence-corrected chi connectivity index (χ1v) is 10.0. The summed E-state index contributed by atoms with van der Waals surface area (Å²) in [5, 5.41) is 18.5. The van der Waals surface area contributed by atoms with Crippen LogP contribution in [0.15, 0.2) is 42.5 Å². The molecule has 2 aromatic carbocycles. The van der Waals surface area contributed by atoms with Crippen LogP contribution in [0.25, 0.3) is 0 Å². The summed E-state index contributed by atoms with van der Waals surface area (Å²) in [6.07, 6.45) is -8.38. The van der Waals surface area contributed by atoms with Crippen LogP contribution in [0.3, 0.4) is 0 Å². The fourth-order valence-corrected chi connectivity index (χ4v) is 2.98. The lowest BCUT2D eigenvalue weighted by Gasteiger charge is -2.24. The standard InChI is InChI=1S/C22H25F6NO4.ClH/c23-21(24,25)17-10-16(7-8-20(29,13-30)14-31)11-19(12-17)32-9-1-2-15-3-5-18(6-4-15)33-22(26,27)28;/h3-6,10-12,30-31H,1-2,7-9,13-14,29H2;1H. The number of nitrogens with two attached hydrogens (primary N) is 1. The molecular weight excluding hydrogens is 492 g/mol. The van der Waals surface area contributed by atoms with Gasteiger partial charge in [0.25, 0.3) is 0 Å². The van der Waals surface area contributed by atoms with Crippen molar-refractivity contribution in [2.45, 2.75) is 43.8 Å². The molecule has 0 radical (unpaired) electrons. The highest BCUT2D eigenvalue weighted by atomic mass is 35.5. The van der Waals surface area contributed by atoms with Gasteiger partial charge in [-0.15, -0.1) is 25.6 Å². The predicted molar refractivity (Wildman–Crippen MR) is 115 cm³/mol. The molecule has 0 atom stereocenters. The number of hydrogen-bond acceptors (Lipinski definition) is 5. The zero-order chi connectivity index (χ0) is 24.7. The van der Waals surface area contributed by atoms with Crippen molar-refractivity contribution in [1.29, 1.82) is 0 Å². The molecule has 0 fully saturated rings. The summed E-state index contributed by atoms with van der Waals surface area (Å²) in [6.45, 7) is -0.958.